The third-order valence-corrected chi connectivity index (χ3v) is 2.35. The highest BCUT2D eigenvalue weighted by Crippen LogP contribution is 2.11. The average molecular weight is 269 g/mol. The molecule has 0 aliphatic carbocycles. The summed E-state index contributed by atoms with van der Waals surface area (Å²) in [6.45, 7) is 0. The highest BCUT2D eigenvalue weighted by atomic mass is 127. The first-order valence-electron chi connectivity index (χ1n) is 3.75. The Morgan fingerprint density at radius 2 is 1.75 bits per heavy atom. The van der Waals surface area contributed by atoms with E-state index in [0.29, 0.717) is 0 Å². The maximum atomic E-state index is 2.31. The van der Waals surface area contributed by atoms with Gasteiger partial charge in [0.05, 0.1) is 0 Å². The Balaban J connectivity index is 2.45. The zero-order chi connectivity index (χ0) is 8.39. The van der Waals surface area contributed by atoms with Crippen molar-refractivity contribution >= 4 is 22.6 Å². The van der Waals surface area contributed by atoms with Crippen molar-refractivity contribution in [2.45, 2.75) is 0 Å². The Bertz CT molecular complexity index is 364. The normalized spacial score (nSPS) is 10.1. The van der Waals surface area contributed by atoms with Crippen LogP contribution in [-0.2, 0) is 0 Å². The fourth-order valence-corrected chi connectivity index (χ4v) is 1.59. The van der Waals surface area contributed by atoms with Gasteiger partial charge >= 0.3 is 0 Å². The molecule has 0 unspecified atom stereocenters. The fraction of sp³-hybridized carbons (Fsp3) is 0. The lowest BCUT2D eigenvalue weighted by molar-refractivity contribution is 1.08. The molecule has 12 heavy (non-hydrogen) atoms. The molecule has 0 amide bonds. The molecule has 1 heterocycles. The molecule has 0 aliphatic rings. The molecule has 0 aliphatic heterocycles. The van der Waals surface area contributed by atoms with Crippen molar-refractivity contribution in [1.29, 1.82) is 0 Å². The van der Waals surface area contributed by atoms with Gasteiger partial charge in [0.25, 0.3) is 0 Å². The summed E-state index contributed by atoms with van der Waals surface area (Å²) in [7, 11) is 0. The van der Waals surface area contributed by atoms with Crippen LogP contribution in [0.4, 0.5) is 0 Å². The summed E-state index contributed by atoms with van der Waals surface area (Å²) in [5, 5.41) is 0. The van der Waals surface area contributed by atoms with Crippen molar-refractivity contribution < 1.29 is 0 Å². The lowest BCUT2D eigenvalue weighted by atomic mass is 10.3. The Morgan fingerprint density at radius 3 is 2.33 bits per heavy atom. The first-order valence-corrected chi connectivity index (χ1v) is 4.83. The number of rotatable bonds is 1. The molecular formula is C10H8IN. The maximum Gasteiger partial charge on any atom is 0.0449 e. The van der Waals surface area contributed by atoms with Crippen molar-refractivity contribution in [1.82, 2.24) is 4.57 Å². The summed E-state index contributed by atoms with van der Waals surface area (Å²) in [5.41, 5.74) is 1.21. The molecule has 0 bridgehead atoms. The molecule has 0 atom stereocenters. The van der Waals surface area contributed by atoms with E-state index in [-0.39, 0.29) is 0 Å². The zero-order valence-corrected chi connectivity index (χ0v) is 8.60. The van der Waals surface area contributed by atoms with E-state index < -0.39 is 0 Å². The Morgan fingerprint density at radius 1 is 1.00 bits per heavy atom. The van der Waals surface area contributed by atoms with Crippen LogP contribution < -0.4 is 0 Å². The zero-order valence-electron chi connectivity index (χ0n) is 6.44. The van der Waals surface area contributed by atoms with Gasteiger partial charge in [-0.05, 0) is 40.8 Å². The summed E-state index contributed by atoms with van der Waals surface area (Å²) in [6, 6.07) is 12.4. The number of nitrogens with zero attached hydrogens (tertiary/aromatic N) is 1. The minimum absolute atomic E-state index is 1.21. The summed E-state index contributed by atoms with van der Waals surface area (Å²) >= 11 is 2.31. The molecule has 0 spiro atoms. The highest BCUT2D eigenvalue weighted by Gasteiger charge is 1.93. The van der Waals surface area contributed by atoms with Crippen molar-refractivity contribution in [3.63, 3.8) is 0 Å². The lowest BCUT2D eigenvalue weighted by Crippen LogP contribution is -1.87. The van der Waals surface area contributed by atoms with E-state index in [1.165, 1.54) is 9.26 Å². The molecule has 0 fully saturated rings. The number of hydrogen-bond donors (Lipinski definition) is 0. The van der Waals surface area contributed by atoms with Gasteiger partial charge in [0.2, 0.25) is 0 Å². The van der Waals surface area contributed by atoms with Crippen LogP contribution in [0.15, 0.2) is 48.8 Å². The van der Waals surface area contributed by atoms with Crippen LogP contribution in [0.5, 0.6) is 0 Å². The lowest BCUT2D eigenvalue weighted by Gasteiger charge is -1.99. The predicted molar refractivity (Wildman–Crippen MR) is 58.5 cm³/mol. The van der Waals surface area contributed by atoms with E-state index in [1.807, 2.05) is 18.2 Å². The second-order valence-electron chi connectivity index (χ2n) is 2.57. The quantitative estimate of drug-likeness (QED) is 0.701. The third-order valence-electron chi connectivity index (χ3n) is 1.71. The Hall–Kier alpha value is -0.770. The molecule has 2 heteroatoms. The van der Waals surface area contributed by atoms with Crippen LogP contribution in [0.2, 0.25) is 0 Å². The van der Waals surface area contributed by atoms with E-state index >= 15 is 0 Å². The topological polar surface area (TPSA) is 4.93 Å². The van der Waals surface area contributed by atoms with Crippen LogP contribution in [-0.4, -0.2) is 4.57 Å². The first-order chi connectivity index (χ1) is 5.86. The molecule has 1 aromatic carbocycles. The van der Waals surface area contributed by atoms with Crippen LogP contribution >= 0.6 is 22.6 Å². The van der Waals surface area contributed by atoms with Gasteiger partial charge in [-0.25, -0.2) is 0 Å². The highest BCUT2D eigenvalue weighted by molar-refractivity contribution is 14.1. The van der Waals surface area contributed by atoms with E-state index in [0.717, 1.165) is 0 Å². The van der Waals surface area contributed by atoms with E-state index in [2.05, 4.69) is 57.8 Å². The summed E-state index contributed by atoms with van der Waals surface area (Å²) in [5.74, 6) is 0. The molecule has 0 saturated heterocycles. The monoisotopic (exact) mass is 269 g/mol. The number of aromatic nitrogens is 1. The van der Waals surface area contributed by atoms with E-state index in [1.54, 1.807) is 0 Å². The largest absolute Gasteiger partial charge is 0.323 e. The Labute approximate surface area is 85.2 Å². The minimum atomic E-state index is 1.21. The van der Waals surface area contributed by atoms with Crippen LogP contribution in [0.1, 0.15) is 0 Å². The van der Waals surface area contributed by atoms with Crippen LogP contribution in [0, 0.1) is 3.57 Å². The predicted octanol–water partition coefficient (Wildman–Crippen LogP) is 3.08. The molecule has 1 aromatic heterocycles. The summed E-state index contributed by atoms with van der Waals surface area (Å²) in [4.78, 5) is 0. The van der Waals surface area contributed by atoms with E-state index in [9.17, 15) is 0 Å². The minimum Gasteiger partial charge on any atom is -0.323 e. The summed E-state index contributed by atoms with van der Waals surface area (Å²) < 4.78 is 3.37. The number of benzene rings is 1. The first kappa shape index (κ1) is 7.86. The van der Waals surface area contributed by atoms with Gasteiger partial charge in [0, 0.05) is 21.7 Å². The molecule has 2 rings (SSSR count). The number of para-hydroxylation sites is 1. The second-order valence-corrected chi connectivity index (χ2v) is 3.82. The van der Waals surface area contributed by atoms with Gasteiger partial charge in [-0.2, -0.15) is 0 Å². The molecule has 2 aromatic rings. The average Bonchev–Trinajstić information content (AvgIpc) is 2.54. The van der Waals surface area contributed by atoms with Gasteiger partial charge in [-0.15, -0.1) is 0 Å². The van der Waals surface area contributed by atoms with E-state index in [4.69, 9.17) is 0 Å². The molecule has 1 nitrogen and oxygen atoms in total. The fourth-order valence-electron chi connectivity index (χ4n) is 1.13. The molecule has 0 N–H and O–H groups in total. The van der Waals surface area contributed by atoms with Crippen molar-refractivity contribution in [3.05, 3.63) is 52.4 Å². The Kier molecular flexibility index (Phi) is 2.17. The standard InChI is InChI=1S/C10H8IN/c11-9-6-7-12(8-9)10-4-2-1-3-5-10/h1-8H. The molecule has 0 radical (unpaired) electrons. The maximum absolute atomic E-state index is 2.31. The SMILES string of the molecule is Ic1ccn(-c2ccccc2)c1. The van der Waals surface area contributed by atoms with Crippen molar-refractivity contribution in [2.75, 3.05) is 0 Å². The second kappa shape index (κ2) is 3.31. The molecular weight excluding hydrogens is 261 g/mol. The van der Waals surface area contributed by atoms with Gasteiger partial charge in [0.1, 0.15) is 0 Å². The number of halogens is 1. The van der Waals surface area contributed by atoms with Gasteiger partial charge in [-0.3, -0.25) is 0 Å². The van der Waals surface area contributed by atoms with Crippen LogP contribution in [0.3, 0.4) is 0 Å². The molecule has 60 valence electrons. The number of hydrogen-bond acceptors (Lipinski definition) is 0. The van der Waals surface area contributed by atoms with Gasteiger partial charge in [0.15, 0.2) is 0 Å². The smallest absolute Gasteiger partial charge is 0.0449 e. The van der Waals surface area contributed by atoms with Gasteiger partial charge < -0.3 is 4.57 Å². The van der Waals surface area contributed by atoms with Crippen molar-refractivity contribution in [3.8, 4) is 5.69 Å². The molecule has 0 saturated carbocycles. The van der Waals surface area contributed by atoms with Crippen molar-refractivity contribution in [2.24, 2.45) is 0 Å². The van der Waals surface area contributed by atoms with Crippen LogP contribution in [0.25, 0.3) is 5.69 Å². The van der Waals surface area contributed by atoms with Gasteiger partial charge in [-0.1, -0.05) is 18.2 Å². The summed E-state index contributed by atoms with van der Waals surface area (Å²) in [6.07, 6.45) is 4.17. The third kappa shape index (κ3) is 1.53.